The van der Waals surface area contributed by atoms with Crippen molar-refractivity contribution in [2.75, 3.05) is 6.26 Å². The molecule has 0 aromatic heterocycles. The molecule has 0 bridgehead atoms. The van der Waals surface area contributed by atoms with E-state index in [1.165, 1.54) is 11.8 Å². The van der Waals surface area contributed by atoms with Gasteiger partial charge in [0.05, 0.1) is 6.10 Å². The average Bonchev–Trinajstić information content (AvgIpc) is 2.99. The van der Waals surface area contributed by atoms with Crippen LogP contribution < -0.4 is 9.88 Å². The number of nitrogens with two attached hydrogens (primary N) is 1. The molecule has 1 aromatic rings. The van der Waals surface area contributed by atoms with E-state index in [0.29, 0.717) is 10.6 Å². The normalized spacial score (nSPS) is 16.1. The molecule has 0 atom stereocenters. The number of sulfonamides is 1. The van der Waals surface area contributed by atoms with Crippen LogP contribution in [0.15, 0.2) is 28.0 Å². The third kappa shape index (κ3) is 2.50. The highest BCUT2D eigenvalue weighted by Crippen LogP contribution is 2.35. The van der Waals surface area contributed by atoms with Crippen LogP contribution in [0.1, 0.15) is 12.8 Å². The zero-order valence-corrected chi connectivity index (χ0v) is 10.5. The van der Waals surface area contributed by atoms with E-state index in [9.17, 15) is 8.42 Å². The van der Waals surface area contributed by atoms with Crippen molar-refractivity contribution in [3.8, 4) is 5.75 Å². The molecular formula is C10H13NO3S2. The summed E-state index contributed by atoms with van der Waals surface area (Å²) in [5.41, 5.74) is 0. The van der Waals surface area contributed by atoms with E-state index in [4.69, 9.17) is 9.88 Å². The van der Waals surface area contributed by atoms with E-state index in [1.807, 2.05) is 6.26 Å². The molecule has 1 aliphatic rings. The largest absolute Gasteiger partial charge is 0.489 e. The number of ether oxygens (including phenoxy) is 1. The Morgan fingerprint density at radius 2 is 2.12 bits per heavy atom. The summed E-state index contributed by atoms with van der Waals surface area (Å²) in [6, 6.07) is 5.15. The minimum atomic E-state index is -3.74. The minimum absolute atomic E-state index is 0.106. The first-order valence-electron chi connectivity index (χ1n) is 4.89. The van der Waals surface area contributed by atoms with Crippen molar-refractivity contribution in [1.29, 1.82) is 0 Å². The van der Waals surface area contributed by atoms with Crippen LogP contribution in [-0.4, -0.2) is 20.8 Å². The van der Waals surface area contributed by atoms with E-state index in [0.717, 1.165) is 12.8 Å². The number of thioether (sulfide) groups is 1. The van der Waals surface area contributed by atoms with Crippen molar-refractivity contribution in [1.82, 2.24) is 0 Å². The SMILES string of the molecule is CSc1cccc(OC2CC2)c1S(N)(=O)=O. The van der Waals surface area contributed by atoms with Gasteiger partial charge in [0, 0.05) is 4.90 Å². The van der Waals surface area contributed by atoms with Gasteiger partial charge in [-0.15, -0.1) is 11.8 Å². The van der Waals surface area contributed by atoms with Crippen LogP contribution in [0, 0.1) is 0 Å². The van der Waals surface area contributed by atoms with Crippen molar-refractivity contribution in [3.63, 3.8) is 0 Å². The second-order valence-electron chi connectivity index (χ2n) is 3.65. The van der Waals surface area contributed by atoms with E-state index >= 15 is 0 Å². The highest BCUT2D eigenvalue weighted by molar-refractivity contribution is 7.99. The zero-order chi connectivity index (χ0) is 11.8. The Morgan fingerprint density at radius 1 is 1.44 bits per heavy atom. The summed E-state index contributed by atoms with van der Waals surface area (Å²) in [5, 5.41) is 5.21. The molecule has 1 aliphatic carbocycles. The van der Waals surface area contributed by atoms with E-state index in [2.05, 4.69) is 0 Å². The van der Waals surface area contributed by atoms with Gasteiger partial charge in [0.15, 0.2) is 0 Å². The third-order valence-corrected chi connectivity index (χ3v) is 4.16. The molecule has 0 unspecified atom stereocenters. The molecule has 6 heteroatoms. The Hall–Kier alpha value is -0.720. The van der Waals surface area contributed by atoms with Crippen molar-refractivity contribution in [2.24, 2.45) is 5.14 Å². The Kier molecular flexibility index (Phi) is 3.14. The quantitative estimate of drug-likeness (QED) is 0.834. The Labute approximate surface area is 99.2 Å². The predicted molar refractivity (Wildman–Crippen MR) is 63.2 cm³/mol. The fourth-order valence-corrected chi connectivity index (χ4v) is 3.24. The van der Waals surface area contributed by atoms with Gasteiger partial charge >= 0.3 is 0 Å². The number of hydrogen-bond donors (Lipinski definition) is 1. The van der Waals surface area contributed by atoms with Gasteiger partial charge in [0.1, 0.15) is 10.6 Å². The number of rotatable bonds is 4. The smallest absolute Gasteiger partial charge is 0.242 e. The summed E-state index contributed by atoms with van der Waals surface area (Å²) < 4.78 is 28.6. The highest BCUT2D eigenvalue weighted by Gasteiger charge is 2.27. The molecule has 0 saturated heterocycles. The van der Waals surface area contributed by atoms with Gasteiger partial charge in [0.2, 0.25) is 10.0 Å². The molecule has 16 heavy (non-hydrogen) atoms. The first-order valence-corrected chi connectivity index (χ1v) is 7.66. The molecule has 0 aliphatic heterocycles. The maximum atomic E-state index is 11.5. The van der Waals surface area contributed by atoms with E-state index in [-0.39, 0.29) is 11.0 Å². The van der Waals surface area contributed by atoms with Crippen LogP contribution in [0.5, 0.6) is 5.75 Å². The standard InChI is InChI=1S/C10H13NO3S2/c1-15-9-4-2-3-8(14-7-5-6-7)10(9)16(11,12)13/h2-4,7H,5-6H2,1H3,(H2,11,12,13). The molecule has 1 aromatic carbocycles. The molecule has 1 fully saturated rings. The van der Waals surface area contributed by atoms with E-state index in [1.54, 1.807) is 18.2 Å². The molecule has 0 heterocycles. The first kappa shape index (κ1) is 11.8. The lowest BCUT2D eigenvalue weighted by Crippen LogP contribution is -2.15. The van der Waals surface area contributed by atoms with Gasteiger partial charge in [-0.2, -0.15) is 0 Å². The molecule has 1 saturated carbocycles. The van der Waals surface area contributed by atoms with Crippen LogP contribution in [0.3, 0.4) is 0 Å². The second-order valence-corrected chi connectivity index (χ2v) is 6.00. The fourth-order valence-electron chi connectivity index (χ4n) is 1.40. The lowest BCUT2D eigenvalue weighted by molar-refractivity contribution is 0.293. The summed E-state index contributed by atoms with van der Waals surface area (Å²) in [6.45, 7) is 0. The van der Waals surface area contributed by atoms with Crippen molar-refractivity contribution in [3.05, 3.63) is 18.2 Å². The van der Waals surface area contributed by atoms with Gasteiger partial charge in [-0.25, -0.2) is 13.6 Å². The average molecular weight is 259 g/mol. The predicted octanol–water partition coefficient (Wildman–Crippen LogP) is 1.60. The highest BCUT2D eigenvalue weighted by atomic mass is 32.2. The topological polar surface area (TPSA) is 69.4 Å². The summed E-state index contributed by atoms with van der Waals surface area (Å²) >= 11 is 1.34. The molecular weight excluding hydrogens is 246 g/mol. The van der Waals surface area contributed by atoms with Crippen molar-refractivity contribution in [2.45, 2.75) is 28.7 Å². The van der Waals surface area contributed by atoms with Crippen LogP contribution in [0.25, 0.3) is 0 Å². The monoisotopic (exact) mass is 259 g/mol. The third-order valence-electron chi connectivity index (χ3n) is 2.27. The Morgan fingerprint density at radius 3 is 2.62 bits per heavy atom. The molecule has 0 amide bonds. The Bertz CT molecular complexity index is 495. The number of benzene rings is 1. The van der Waals surface area contributed by atoms with Crippen molar-refractivity contribution >= 4 is 21.8 Å². The lowest BCUT2D eigenvalue weighted by atomic mass is 10.3. The second kappa shape index (κ2) is 4.27. The summed E-state index contributed by atoms with van der Waals surface area (Å²) in [5.74, 6) is 0.372. The Balaban J connectivity index is 2.49. The van der Waals surface area contributed by atoms with Crippen LogP contribution in [-0.2, 0) is 10.0 Å². The number of primary sulfonamides is 1. The first-order chi connectivity index (χ1) is 7.52. The maximum Gasteiger partial charge on any atom is 0.242 e. The molecule has 88 valence electrons. The van der Waals surface area contributed by atoms with Gasteiger partial charge in [-0.05, 0) is 31.2 Å². The summed E-state index contributed by atoms with van der Waals surface area (Å²) in [7, 11) is -3.74. The molecule has 2 rings (SSSR count). The fraction of sp³-hybridized carbons (Fsp3) is 0.400. The molecule has 4 nitrogen and oxygen atoms in total. The molecule has 2 N–H and O–H groups in total. The lowest BCUT2D eigenvalue weighted by Gasteiger charge is -2.12. The zero-order valence-electron chi connectivity index (χ0n) is 8.84. The van der Waals surface area contributed by atoms with Crippen LogP contribution >= 0.6 is 11.8 Å². The maximum absolute atomic E-state index is 11.5. The van der Waals surface area contributed by atoms with Gasteiger partial charge in [-0.3, -0.25) is 0 Å². The van der Waals surface area contributed by atoms with Gasteiger partial charge < -0.3 is 4.74 Å². The summed E-state index contributed by atoms with van der Waals surface area (Å²) in [6.07, 6.45) is 3.92. The molecule has 0 radical (unpaired) electrons. The van der Waals surface area contributed by atoms with Crippen LogP contribution in [0.2, 0.25) is 0 Å². The summed E-state index contributed by atoms with van der Waals surface area (Å²) in [4.78, 5) is 0.732. The van der Waals surface area contributed by atoms with Gasteiger partial charge in [0.25, 0.3) is 0 Å². The van der Waals surface area contributed by atoms with Crippen LogP contribution in [0.4, 0.5) is 0 Å². The minimum Gasteiger partial charge on any atom is -0.489 e. The molecule has 0 spiro atoms. The van der Waals surface area contributed by atoms with Crippen molar-refractivity contribution < 1.29 is 13.2 Å². The van der Waals surface area contributed by atoms with E-state index < -0.39 is 10.0 Å². The van der Waals surface area contributed by atoms with Gasteiger partial charge in [-0.1, -0.05) is 6.07 Å². The number of hydrogen-bond acceptors (Lipinski definition) is 4.